The number of nitrogens with two attached hydrogens (primary N) is 1. The Morgan fingerprint density at radius 2 is 1.79 bits per heavy atom. The summed E-state index contributed by atoms with van der Waals surface area (Å²) in [5.74, 6) is -0.756. The quantitative estimate of drug-likeness (QED) is 0.489. The molecule has 0 atom stereocenters. The van der Waals surface area contributed by atoms with E-state index in [1.54, 1.807) is 24.3 Å². The van der Waals surface area contributed by atoms with Gasteiger partial charge in [0.25, 0.3) is 0 Å². The first kappa shape index (κ1) is 19.2. The van der Waals surface area contributed by atoms with Crippen LogP contribution in [0.4, 0.5) is 28.1 Å². The number of hydrogen-bond acceptors (Lipinski definition) is 8. The van der Waals surface area contributed by atoms with Gasteiger partial charge in [0.15, 0.2) is 6.61 Å². The first-order chi connectivity index (χ1) is 13.9. The monoisotopic (exact) mass is 393 g/mol. The molecule has 0 fully saturated rings. The number of nitriles is 1. The van der Waals surface area contributed by atoms with Gasteiger partial charge < -0.3 is 26.2 Å². The van der Waals surface area contributed by atoms with Gasteiger partial charge in [-0.25, -0.2) is 9.59 Å². The van der Waals surface area contributed by atoms with E-state index in [0.29, 0.717) is 22.7 Å². The zero-order valence-electron chi connectivity index (χ0n) is 14.9. The van der Waals surface area contributed by atoms with Crippen LogP contribution in [0.5, 0.6) is 5.75 Å². The fraction of sp³-hybridized carbons (Fsp3) is 0.0556. The molecule has 0 aliphatic heterocycles. The highest BCUT2D eigenvalue weighted by atomic mass is 16.5. The van der Waals surface area contributed by atoms with Crippen molar-refractivity contribution in [1.82, 2.24) is 14.8 Å². The smallest absolute Gasteiger partial charge is 0.349 e. The first-order valence-corrected chi connectivity index (χ1v) is 8.20. The molecule has 11 nitrogen and oxygen atoms in total. The van der Waals surface area contributed by atoms with E-state index in [9.17, 15) is 9.59 Å². The van der Waals surface area contributed by atoms with Crippen LogP contribution in [-0.2, 0) is 4.79 Å². The molecule has 0 aliphatic rings. The second-order valence-electron chi connectivity index (χ2n) is 5.66. The zero-order chi connectivity index (χ0) is 20.8. The number of nitrogens with zero attached hydrogens (tertiary/aromatic N) is 4. The second-order valence-corrected chi connectivity index (χ2v) is 5.66. The summed E-state index contributed by atoms with van der Waals surface area (Å²) in [5.41, 5.74) is 7.31. The third kappa shape index (κ3) is 4.98. The highest BCUT2D eigenvalue weighted by Crippen LogP contribution is 2.18. The normalized spacial score (nSPS) is 10.0. The van der Waals surface area contributed by atoms with Gasteiger partial charge in [-0.2, -0.15) is 10.2 Å². The number of carboxylic acids is 1. The van der Waals surface area contributed by atoms with Gasteiger partial charge in [0.05, 0.1) is 11.6 Å². The summed E-state index contributed by atoms with van der Waals surface area (Å²) in [6, 6.07) is 14.1. The van der Waals surface area contributed by atoms with Crippen LogP contribution in [0.1, 0.15) is 5.56 Å². The number of carbonyl (C=O) groups excluding carboxylic acids is 1. The molecule has 5 N–H and O–H groups in total. The molecular formula is C18H15N7O4. The number of benzene rings is 2. The lowest BCUT2D eigenvalue weighted by Crippen LogP contribution is -2.22. The maximum atomic E-state index is 12.4. The molecule has 1 aromatic heterocycles. The van der Waals surface area contributed by atoms with Crippen LogP contribution in [0.3, 0.4) is 0 Å². The molecule has 3 aromatic rings. The number of anilines is 4. The van der Waals surface area contributed by atoms with Crippen molar-refractivity contribution >= 4 is 35.3 Å². The van der Waals surface area contributed by atoms with Crippen molar-refractivity contribution in [3.63, 3.8) is 0 Å². The van der Waals surface area contributed by atoms with Crippen LogP contribution in [0, 0.1) is 11.3 Å². The Bertz CT molecular complexity index is 1070. The van der Waals surface area contributed by atoms with E-state index in [1.807, 2.05) is 6.07 Å². The Morgan fingerprint density at radius 3 is 2.41 bits per heavy atom. The van der Waals surface area contributed by atoms with Crippen molar-refractivity contribution in [2.75, 3.05) is 23.0 Å². The maximum Gasteiger partial charge on any atom is 0.349 e. The number of ether oxygens (including phenoxy) is 1. The van der Waals surface area contributed by atoms with Gasteiger partial charge in [-0.15, -0.1) is 9.78 Å². The van der Waals surface area contributed by atoms with E-state index < -0.39 is 18.6 Å². The minimum absolute atomic E-state index is 0.111. The molecule has 0 saturated heterocycles. The van der Waals surface area contributed by atoms with Crippen LogP contribution < -0.4 is 21.1 Å². The van der Waals surface area contributed by atoms with Gasteiger partial charge in [-0.05, 0) is 48.5 Å². The van der Waals surface area contributed by atoms with Gasteiger partial charge in [-0.3, -0.25) is 0 Å². The van der Waals surface area contributed by atoms with E-state index in [-0.39, 0.29) is 11.9 Å². The van der Waals surface area contributed by atoms with Crippen molar-refractivity contribution in [3.05, 3.63) is 54.1 Å². The largest absolute Gasteiger partial charge is 0.482 e. The third-order valence-electron chi connectivity index (χ3n) is 3.56. The minimum Gasteiger partial charge on any atom is -0.482 e. The summed E-state index contributed by atoms with van der Waals surface area (Å²) in [4.78, 5) is 26.9. The van der Waals surface area contributed by atoms with E-state index in [2.05, 4.69) is 20.7 Å². The average molecular weight is 393 g/mol. The summed E-state index contributed by atoms with van der Waals surface area (Å²) in [7, 11) is 0. The Kier molecular flexibility index (Phi) is 5.56. The van der Waals surface area contributed by atoms with Crippen LogP contribution in [0.2, 0.25) is 0 Å². The SMILES string of the molecule is N#Cc1ccc(Nc2nc(N)n(C(=O)Nc3ccc(OCC(=O)O)cc3)n2)cc1. The fourth-order valence-corrected chi connectivity index (χ4v) is 2.24. The molecule has 1 heterocycles. The average Bonchev–Trinajstić information content (AvgIpc) is 3.08. The number of aromatic nitrogens is 3. The first-order valence-electron chi connectivity index (χ1n) is 8.20. The van der Waals surface area contributed by atoms with Crippen molar-refractivity contribution in [1.29, 1.82) is 5.26 Å². The van der Waals surface area contributed by atoms with Crippen LogP contribution in [0.25, 0.3) is 0 Å². The van der Waals surface area contributed by atoms with Gasteiger partial charge >= 0.3 is 12.0 Å². The molecule has 0 radical (unpaired) electrons. The Balaban J connectivity index is 1.65. The van der Waals surface area contributed by atoms with Gasteiger partial charge in [0, 0.05) is 11.4 Å². The number of aliphatic carboxylic acids is 1. The standard InChI is InChI=1S/C18H15N7O4/c19-9-11-1-3-12(4-2-11)21-17-23-16(20)25(24-17)18(28)22-13-5-7-14(8-6-13)29-10-15(26)27/h1-8H,10H2,(H,22,28)(H,26,27)(H3,20,21,23,24). The molecule has 0 aliphatic carbocycles. The zero-order valence-corrected chi connectivity index (χ0v) is 14.9. The van der Waals surface area contributed by atoms with Crippen LogP contribution in [0.15, 0.2) is 48.5 Å². The lowest BCUT2D eigenvalue weighted by atomic mass is 10.2. The molecule has 146 valence electrons. The van der Waals surface area contributed by atoms with E-state index in [0.717, 1.165) is 4.68 Å². The van der Waals surface area contributed by atoms with Crippen molar-refractivity contribution in [2.45, 2.75) is 0 Å². The molecule has 29 heavy (non-hydrogen) atoms. The highest BCUT2D eigenvalue weighted by Gasteiger charge is 2.14. The number of amides is 1. The molecule has 0 spiro atoms. The fourth-order valence-electron chi connectivity index (χ4n) is 2.24. The third-order valence-corrected chi connectivity index (χ3v) is 3.56. The predicted octanol–water partition coefficient (Wildman–Crippen LogP) is 2.02. The molecular weight excluding hydrogens is 378 g/mol. The molecule has 1 amide bonds. The Labute approximate surface area is 164 Å². The van der Waals surface area contributed by atoms with Crippen LogP contribution in [-0.4, -0.2) is 38.5 Å². The Morgan fingerprint density at radius 1 is 1.14 bits per heavy atom. The highest BCUT2D eigenvalue weighted by molar-refractivity contribution is 5.92. The van der Waals surface area contributed by atoms with Crippen molar-refractivity contribution in [2.24, 2.45) is 0 Å². The van der Waals surface area contributed by atoms with E-state index in [1.165, 1.54) is 24.3 Å². The number of rotatable bonds is 6. The number of carbonyl (C=O) groups is 2. The van der Waals surface area contributed by atoms with Crippen molar-refractivity contribution < 1.29 is 19.4 Å². The number of nitrogens with one attached hydrogen (secondary N) is 2. The van der Waals surface area contributed by atoms with Gasteiger partial charge in [-0.1, -0.05) is 0 Å². The lowest BCUT2D eigenvalue weighted by Gasteiger charge is -2.07. The predicted molar refractivity (Wildman–Crippen MR) is 103 cm³/mol. The summed E-state index contributed by atoms with van der Waals surface area (Å²) in [6.45, 7) is -0.462. The summed E-state index contributed by atoms with van der Waals surface area (Å²) >= 11 is 0. The summed E-state index contributed by atoms with van der Waals surface area (Å²) in [5, 5.41) is 26.9. The Hall–Kier alpha value is -4.59. The summed E-state index contributed by atoms with van der Waals surface area (Å²) < 4.78 is 5.91. The molecule has 11 heteroatoms. The van der Waals surface area contributed by atoms with E-state index in [4.69, 9.17) is 20.8 Å². The minimum atomic E-state index is -1.09. The molecule has 2 aromatic carbocycles. The topological polar surface area (TPSA) is 168 Å². The summed E-state index contributed by atoms with van der Waals surface area (Å²) in [6.07, 6.45) is 0. The maximum absolute atomic E-state index is 12.4. The molecule has 3 rings (SSSR count). The molecule has 0 bridgehead atoms. The van der Waals surface area contributed by atoms with Crippen molar-refractivity contribution in [3.8, 4) is 11.8 Å². The molecule has 0 saturated carbocycles. The molecule has 0 unspecified atom stereocenters. The number of carboxylic acid groups (broad SMARTS) is 1. The van der Waals surface area contributed by atoms with E-state index >= 15 is 0 Å². The van der Waals surface area contributed by atoms with Gasteiger partial charge in [0.1, 0.15) is 5.75 Å². The van der Waals surface area contributed by atoms with Crippen LogP contribution >= 0.6 is 0 Å². The number of hydrogen-bond donors (Lipinski definition) is 4. The number of nitrogen functional groups attached to an aromatic ring is 1. The second kappa shape index (κ2) is 8.40. The lowest BCUT2D eigenvalue weighted by molar-refractivity contribution is -0.139. The van der Waals surface area contributed by atoms with Gasteiger partial charge in [0.2, 0.25) is 11.9 Å².